The predicted molar refractivity (Wildman–Crippen MR) is 122 cm³/mol. The van der Waals surface area contributed by atoms with Gasteiger partial charge in [0.2, 0.25) is 0 Å². The fourth-order valence-electron chi connectivity index (χ4n) is 3.89. The van der Waals surface area contributed by atoms with Gasteiger partial charge in [0.15, 0.2) is 0 Å². The Hall–Kier alpha value is -3.22. The maximum absolute atomic E-state index is 3.43. The van der Waals surface area contributed by atoms with Crippen molar-refractivity contribution in [1.82, 2.24) is 0 Å². The molecular weight excluding hydrogens is 348 g/mol. The molecular formula is C29H26. The van der Waals surface area contributed by atoms with E-state index >= 15 is 0 Å². The normalized spacial score (nSPS) is 13.3. The van der Waals surface area contributed by atoms with Gasteiger partial charge in [-0.2, -0.15) is 0 Å². The summed E-state index contributed by atoms with van der Waals surface area (Å²) in [6, 6.07) is 23.4. The molecule has 1 fully saturated rings. The smallest absolute Gasteiger partial charge is 0.0284 e. The van der Waals surface area contributed by atoms with E-state index in [-0.39, 0.29) is 0 Å². The summed E-state index contributed by atoms with van der Waals surface area (Å²) in [5.74, 6) is 14.0. The minimum absolute atomic E-state index is 0.610. The number of hydrogen-bond acceptors (Lipinski definition) is 0. The molecule has 0 heteroatoms. The number of aryl methyl sites for hydroxylation is 2. The second-order valence-corrected chi connectivity index (χ2v) is 8.02. The first-order chi connectivity index (χ1) is 14.2. The first-order valence-corrected chi connectivity index (χ1v) is 10.5. The standard InChI is InChI=1S/C29H26/c1-22-7-11-24(12-8-22)15-16-26-18-20-28(29(21-26)27-5-3-4-6-27)19-17-25-13-9-23(2)10-14-25/h7-14,18,20-21,27H,3-6H2,1-2H3. The lowest BCUT2D eigenvalue weighted by molar-refractivity contribution is 0.721. The van der Waals surface area contributed by atoms with Gasteiger partial charge in [-0.1, -0.05) is 71.9 Å². The van der Waals surface area contributed by atoms with Crippen LogP contribution in [0.15, 0.2) is 66.7 Å². The van der Waals surface area contributed by atoms with Crippen molar-refractivity contribution >= 4 is 0 Å². The van der Waals surface area contributed by atoms with Crippen molar-refractivity contribution in [3.05, 3.63) is 106 Å². The molecule has 29 heavy (non-hydrogen) atoms. The van der Waals surface area contributed by atoms with Crippen LogP contribution in [0.1, 0.15) is 70.5 Å². The van der Waals surface area contributed by atoms with Crippen LogP contribution < -0.4 is 0 Å². The van der Waals surface area contributed by atoms with Gasteiger partial charge in [0.05, 0.1) is 0 Å². The number of benzene rings is 3. The molecule has 0 aromatic heterocycles. The highest BCUT2D eigenvalue weighted by Gasteiger charge is 2.19. The van der Waals surface area contributed by atoms with Gasteiger partial charge in [-0.15, -0.1) is 0 Å². The third-order valence-corrected chi connectivity index (χ3v) is 5.64. The zero-order valence-corrected chi connectivity index (χ0v) is 17.3. The van der Waals surface area contributed by atoms with Crippen LogP contribution >= 0.6 is 0 Å². The Bertz CT molecular complexity index is 1100. The van der Waals surface area contributed by atoms with E-state index in [0.29, 0.717) is 5.92 Å². The highest BCUT2D eigenvalue weighted by molar-refractivity contribution is 5.53. The lowest BCUT2D eigenvalue weighted by atomic mass is 9.91. The van der Waals surface area contributed by atoms with Crippen molar-refractivity contribution < 1.29 is 0 Å². The van der Waals surface area contributed by atoms with Crippen LogP contribution in [0, 0.1) is 37.5 Å². The second-order valence-electron chi connectivity index (χ2n) is 8.02. The lowest BCUT2D eigenvalue weighted by Crippen LogP contribution is -1.97. The van der Waals surface area contributed by atoms with Crippen LogP contribution in [0.4, 0.5) is 0 Å². The molecule has 0 aliphatic heterocycles. The van der Waals surface area contributed by atoms with E-state index in [0.717, 1.165) is 22.3 Å². The number of hydrogen-bond donors (Lipinski definition) is 0. The summed E-state index contributed by atoms with van der Waals surface area (Å²) >= 11 is 0. The van der Waals surface area contributed by atoms with Crippen molar-refractivity contribution in [2.75, 3.05) is 0 Å². The second kappa shape index (κ2) is 8.86. The summed E-state index contributed by atoms with van der Waals surface area (Å²) in [7, 11) is 0. The highest BCUT2D eigenvalue weighted by Crippen LogP contribution is 2.36. The van der Waals surface area contributed by atoms with E-state index in [1.807, 2.05) is 0 Å². The van der Waals surface area contributed by atoms with Gasteiger partial charge in [-0.25, -0.2) is 0 Å². The monoisotopic (exact) mass is 374 g/mol. The molecule has 3 aromatic carbocycles. The molecule has 0 bridgehead atoms. The molecule has 1 aliphatic carbocycles. The van der Waals surface area contributed by atoms with Crippen molar-refractivity contribution in [2.24, 2.45) is 0 Å². The van der Waals surface area contributed by atoms with Gasteiger partial charge in [0, 0.05) is 22.3 Å². The SMILES string of the molecule is Cc1ccc(C#Cc2ccc(C#Cc3ccc(C)cc3)c(C3CCCC3)c2)cc1. The molecule has 0 heterocycles. The molecule has 4 rings (SSSR count). The Morgan fingerprint density at radius 1 is 0.586 bits per heavy atom. The number of rotatable bonds is 1. The van der Waals surface area contributed by atoms with Crippen LogP contribution in [0.5, 0.6) is 0 Å². The van der Waals surface area contributed by atoms with E-state index in [2.05, 4.69) is 104 Å². The Kier molecular flexibility index (Phi) is 5.84. The summed E-state index contributed by atoms with van der Waals surface area (Å²) in [4.78, 5) is 0. The van der Waals surface area contributed by atoms with Crippen molar-refractivity contribution in [3.63, 3.8) is 0 Å². The van der Waals surface area contributed by atoms with E-state index in [9.17, 15) is 0 Å². The Morgan fingerprint density at radius 2 is 1.07 bits per heavy atom. The van der Waals surface area contributed by atoms with Crippen LogP contribution in [0.2, 0.25) is 0 Å². The van der Waals surface area contributed by atoms with Gasteiger partial charge >= 0.3 is 0 Å². The Morgan fingerprint density at radius 3 is 1.66 bits per heavy atom. The molecule has 0 spiro atoms. The van der Waals surface area contributed by atoms with Crippen molar-refractivity contribution in [2.45, 2.75) is 45.4 Å². The molecule has 0 radical (unpaired) electrons. The van der Waals surface area contributed by atoms with Crippen LogP contribution in [-0.4, -0.2) is 0 Å². The lowest BCUT2D eigenvalue weighted by Gasteiger charge is -2.12. The molecule has 0 unspecified atom stereocenters. The Labute approximate surface area is 175 Å². The fraction of sp³-hybridized carbons (Fsp3) is 0.241. The van der Waals surface area contributed by atoms with Gasteiger partial charge < -0.3 is 0 Å². The summed E-state index contributed by atoms with van der Waals surface area (Å²) < 4.78 is 0. The molecule has 3 aromatic rings. The van der Waals surface area contributed by atoms with E-state index < -0.39 is 0 Å². The first-order valence-electron chi connectivity index (χ1n) is 10.5. The van der Waals surface area contributed by atoms with E-state index in [4.69, 9.17) is 0 Å². The maximum Gasteiger partial charge on any atom is 0.0284 e. The zero-order valence-electron chi connectivity index (χ0n) is 17.3. The van der Waals surface area contributed by atoms with E-state index in [1.54, 1.807) is 0 Å². The molecule has 0 nitrogen and oxygen atoms in total. The van der Waals surface area contributed by atoms with E-state index in [1.165, 1.54) is 42.4 Å². The minimum atomic E-state index is 0.610. The summed E-state index contributed by atoms with van der Waals surface area (Å²) in [5, 5.41) is 0. The van der Waals surface area contributed by atoms with Gasteiger partial charge in [0.1, 0.15) is 0 Å². The molecule has 1 aliphatic rings. The zero-order chi connectivity index (χ0) is 20.1. The van der Waals surface area contributed by atoms with Crippen LogP contribution in [0.25, 0.3) is 0 Å². The summed E-state index contributed by atoms with van der Waals surface area (Å²) in [5.41, 5.74) is 8.25. The molecule has 0 saturated heterocycles. The fourth-order valence-corrected chi connectivity index (χ4v) is 3.89. The summed E-state index contributed by atoms with van der Waals surface area (Å²) in [6.07, 6.45) is 5.14. The van der Waals surface area contributed by atoms with Crippen molar-refractivity contribution in [1.29, 1.82) is 0 Å². The van der Waals surface area contributed by atoms with Gasteiger partial charge in [-0.3, -0.25) is 0 Å². The largest absolute Gasteiger partial charge is 0.0617 e. The quantitative estimate of drug-likeness (QED) is 0.413. The average molecular weight is 375 g/mol. The topological polar surface area (TPSA) is 0 Å². The molecule has 142 valence electrons. The van der Waals surface area contributed by atoms with Crippen LogP contribution in [0.3, 0.4) is 0 Å². The van der Waals surface area contributed by atoms with Gasteiger partial charge in [0.25, 0.3) is 0 Å². The molecule has 0 N–H and O–H groups in total. The average Bonchev–Trinajstić information content (AvgIpc) is 3.28. The van der Waals surface area contributed by atoms with Crippen LogP contribution in [-0.2, 0) is 0 Å². The predicted octanol–water partition coefficient (Wildman–Crippen LogP) is 6.76. The molecule has 0 amide bonds. The maximum atomic E-state index is 3.43. The molecule has 1 saturated carbocycles. The third-order valence-electron chi connectivity index (χ3n) is 5.64. The highest BCUT2D eigenvalue weighted by atomic mass is 14.2. The van der Waals surface area contributed by atoms with Crippen molar-refractivity contribution in [3.8, 4) is 23.7 Å². The first kappa shape index (κ1) is 19.1. The Balaban J connectivity index is 1.65. The molecule has 0 atom stereocenters. The van der Waals surface area contributed by atoms with Gasteiger partial charge in [-0.05, 0) is 80.6 Å². The summed E-state index contributed by atoms with van der Waals surface area (Å²) in [6.45, 7) is 4.20. The third kappa shape index (κ3) is 4.99. The minimum Gasteiger partial charge on any atom is -0.0617 e.